The minimum atomic E-state index is -0.292. The smallest absolute Gasteiger partial charge is 0.274 e. The first-order chi connectivity index (χ1) is 17.6. The Labute approximate surface area is 210 Å². The molecule has 0 saturated carbocycles. The van der Waals surface area contributed by atoms with Crippen LogP contribution in [-0.4, -0.2) is 64.1 Å². The summed E-state index contributed by atoms with van der Waals surface area (Å²) in [5, 5.41) is 7.72. The fraction of sp³-hybridized carbons (Fsp3) is 0.393. The van der Waals surface area contributed by atoms with E-state index in [9.17, 15) is 14.0 Å². The van der Waals surface area contributed by atoms with Crippen LogP contribution in [-0.2, 0) is 24.2 Å². The number of hydrogen-bond donors (Lipinski definition) is 1. The Kier molecular flexibility index (Phi) is 7.41. The third kappa shape index (κ3) is 5.49. The molecule has 0 spiro atoms. The lowest BCUT2D eigenvalue weighted by atomic mass is 10.1. The van der Waals surface area contributed by atoms with Crippen LogP contribution in [0.2, 0.25) is 0 Å². The molecule has 1 fully saturated rings. The molecule has 2 heterocycles. The van der Waals surface area contributed by atoms with Crippen molar-refractivity contribution in [3.05, 3.63) is 82.9 Å². The van der Waals surface area contributed by atoms with Gasteiger partial charge in [0.25, 0.3) is 5.91 Å². The minimum Gasteiger partial charge on any atom is -0.351 e. The standard InChI is InChI=1S/C28H32FN5O2/c29-22-11-13-23(14-12-22)34-25-10-6-2-5-9-24(25)27(31-34)28(36)33-17-15-32(16-18-33)20-26(35)30-19-21-7-3-1-4-8-21/h1,3-4,7-8,11-14H,2,5-6,9-10,15-20H2,(H,30,35). The summed E-state index contributed by atoms with van der Waals surface area (Å²) in [6.45, 7) is 3.24. The van der Waals surface area contributed by atoms with Crippen molar-refractivity contribution in [2.45, 2.75) is 38.6 Å². The van der Waals surface area contributed by atoms with E-state index in [0.29, 0.717) is 45.0 Å². The molecular formula is C28H32FN5O2. The van der Waals surface area contributed by atoms with E-state index >= 15 is 0 Å². The molecule has 1 aromatic heterocycles. The minimum absolute atomic E-state index is 0.0120. The fourth-order valence-corrected chi connectivity index (χ4v) is 5.06. The molecule has 8 heteroatoms. The number of piperazine rings is 1. The zero-order chi connectivity index (χ0) is 24.9. The van der Waals surface area contributed by atoms with Gasteiger partial charge < -0.3 is 10.2 Å². The Morgan fingerprint density at radius 3 is 2.36 bits per heavy atom. The molecule has 36 heavy (non-hydrogen) atoms. The van der Waals surface area contributed by atoms with E-state index in [1.165, 1.54) is 12.1 Å². The van der Waals surface area contributed by atoms with Crippen LogP contribution in [0, 0.1) is 5.82 Å². The van der Waals surface area contributed by atoms with Crippen LogP contribution in [0.3, 0.4) is 0 Å². The summed E-state index contributed by atoms with van der Waals surface area (Å²) in [5.74, 6) is -0.357. The van der Waals surface area contributed by atoms with Gasteiger partial charge in [-0.2, -0.15) is 5.10 Å². The number of carbonyl (C=O) groups excluding carboxylic acids is 2. The maximum Gasteiger partial charge on any atom is 0.274 e. The Bertz CT molecular complexity index is 1200. The largest absolute Gasteiger partial charge is 0.351 e. The summed E-state index contributed by atoms with van der Waals surface area (Å²) in [5.41, 5.74) is 4.46. The van der Waals surface area contributed by atoms with E-state index in [0.717, 1.165) is 54.6 Å². The lowest BCUT2D eigenvalue weighted by Crippen LogP contribution is -2.51. The molecule has 0 unspecified atom stereocenters. The van der Waals surface area contributed by atoms with Gasteiger partial charge in [0.1, 0.15) is 5.82 Å². The van der Waals surface area contributed by atoms with Crippen molar-refractivity contribution < 1.29 is 14.0 Å². The summed E-state index contributed by atoms with van der Waals surface area (Å²) < 4.78 is 15.3. The first kappa shape index (κ1) is 24.2. The second-order valence-electron chi connectivity index (χ2n) is 9.55. The topological polar surface area (TPSA) is 70.5 Å². The predicted octanol–water partition coefficient (Wildman–Crippen LogP) is 3.35. The first-order valence-electron chi connectivity index (χ1n) is 12.8. The molecule has 1 aliphatic carbocycles. The molecule has 1 saturated heterocycles. The molecule has 3 aromatic rings. The lowest BCUT2D eigenvalue weighted by molar-refractivity contribution is -0.122. The van der Waals surface area contributed by atoms with Crippen molar-refractivity contribution in [3.63, 3.8) is 0 Å². The molecule has 1 aliphatic heterocycles. The van der Waals surface area contributed by atoms with Gasteiger partial charge in [-0.15, -0.1) is 0 Å². The van der Waals surface area contributed by atoms with Crippen LogP contribution in [0.5, 0.6) is 0 Å². The Balaban J connectivity index is 1.23. The molecule has 0 radical (unpaired) electrons. The van der Waals surface area contributed by atoms with Crippen molar-refractivity contribution in [2.24, 2.45) is 0 Å². The third-order valence-corrected chi connectivity index (χ3v) is 7.06. The van der Waals surface area contributed by atoms with Gasteiger partial charge in [0.05, 0.1) is 12.2 Å². The predicted molar refractivity (Wildman–Crippen MR) is 135 cm³/mol. The average Bonchev–Trinajstić information content (AvgIpc) is 3.09. The van der Waals surface area contributed by atoms with Crippen LogP contribution < -0.4 is 5.32 Å². The second kappa shape index (κ2) is 11.0. The van der Waals surface area contributed by atoms with E-state index < -0.39 is 0 Å². The quantitative estimate of drug-likeness (QED) is 0.539. The van der Waals surface area contributed by atoms with Crippen molar-refractivity contribution in [3.8, 4) is 5.69 Å². The van der Waals surface area contributed by atoms with Crippen LogP contribution >= 0.6 is 0 Å². The van der Waals surface area contributed by atoms with Gasteiger partial charge in [-0.25, -0.2) is 9.07 Å². The number of benzene rings is 2. The van der Waals surface area contributed by atoms with E-state index in [-0.39, 0.29) is 17.6 Å². The van der Waals surface area contributed by atoms with Crippen molar-refractivity contribution >= 4 is 11.8 Å². The summed E-state index contributed by atoms with van der Waals surface area (Å²) in [7, 11) is 0. The van der Waals surface area contributed by atoms with Gasteiger partial charge in [-0.1, -0.05) is 36.8 Å². The van der Waals surface area contributed by atoms with Gasteiger partial charge >= 0.3 is 0 Å². The Morgan fingerprint density at radius 1 is 0.889 bits per heavy atom. The zero-order valence-corrected chi connectivity index (χ0v) is 20.5. The molecule has 2 aliphatic rings. The van der Waals surface area contributed by atoms with Gasteiger partial charge in [-0.3, -0.25) is 14.5 Å². The van der Waals surface area contributed by atoms with Crippen molar-refractivity contribution in [1.29, 1.82) is 0 Å². The molecule has 188 valence electrons. The lowest BCUT2D eigenvalue weighted by Gasteiger charge is -2.34. The number of nitrogens with one attached hydrogen (secondary N) is 1. The normalized spacial score (nSPS) is 16.3. The second-order valence-corrected chi connectivity index (χ2v) is 9.55. The maximum absolute atomic E-state index is 13.6. The molecule has 0 bridgehead atoms. The van der Waals surface area contributed by atoms with Gasteiger partial charge in [0.15, 0.2) is 5.69 Å². The van der Waals surface area contributed by atoms with E-state index in [4.69, 9.17) is 5.10 Å². The number of rotatable bonds is 6. The number of aromatic nitrogens is 2. The summed E-state index contributed by atoms with van der Waals surface area (Å²) >= 11 is 0. The molecule has 1 N–H and O–H groups in total. The number of amides is 2. The molecule has 7 nitrogen and oxygen atoms in total. The fourth-order valence-electron chi connectivity index (χ4n) is 5.06. The summed E-state index contributed by atoms with van der Waals surface area (Å²) in [4.78, 5) is 29.9. The van der Waals surface area contributed by atoms with Crippen LogP contribution in [0.15, 0.2) is 54.6 Å². The average molecular weight is 490 g/mol. The third-order valence-electron chi connectivity index (χ3n) is 7.06. The summed E-state index contributed by atoms with van der Waals surface area (Å²) in [6.07, 6.45) is 4.90. The number of carbonyl (C=O) groups is 2. The summed E-state index contributed by atoms with van der Waals surface area (Å²) in [6, 6.07) is 16.1. The highest BCUT2D eigenvalue weighted by Gasteiger charge is 2.30. The highest BCUT2D eigenvalue weighted by Crippen LogP contribution is 2.27. The number of halogens is 1. The number of nitrogens with zero attached hydrogens (tertiary/aromatic N) is 4. The van der Waals surface area contributed by atoms with Crippen molar-refractivity contribution in [1.82, 2.24) is 24.9 Å². The highest BCUT2D eigenvalue weighted by molar-refractivity contribution is 5.94. The van der Waals surface area contributed by atoms with E-state index in [2.05, 4.69) is 10.2 Å². The monoisotopic (exact) mass is 489 g/mol. The van der Waals surface area contributed by atoms with Crippen LogP contribution in [0.4, 0.5) is 4.39 Å². The van der Waals surface area contributed by atoms with Gasteiger partial charge in [0, 0.05) is 44.0 Å². The molecule has 5 rings (SSSR count). The van der Waals surface area contributed by atoms with E-state index in [1.54, 1.807) is 12.1 Å². The Morgan fingerprint density at radius 2 is 1.61 bits per heavy atom. The highest BCUT2D eigenvalue weighted by atomic mass is 19.1. The van der Waals surface area contributed by atoms with Crippen molar-refractivity contribution in [2.75, 3.05) is 32.7 Å². The molecular weight excluding hydrogens is 457 g/mol. The van der Waals surface area contributed by atoms with Gasteiger partial charge in [-0.05, 0) is 55.5 Å². The SMILES string of the molecule is O=C(CN1CCN(C(=O)c2nn(-c3ccc(F)cc3)c3c2CCCCC3)CC1)NCc1ccccc1. The Hall–Kier alpha value is -3.52. The molecule has 2 amide bonds. The number of hydrogen-bond acceptors (Lipinski definition) is 4. The maximum atomic E-state index is 13.6. The van der Waals surface area contributed by atoms with Crippen LogP contribution in [0.1, 0.15) is 46.6 Å². The molecule has 2 aromatic carbocycles. The molecule has 0 atom stereocenters. The zero-order valence-electron chi connectivity index (χ0n) is 20.5. The number of fused-ring (bicyclic) bond motifs is 1. The van der Waals surface area contributed by atoms with E-state index in [1.807, 2.05) is 39.9 Å². The van der Waals surface area contributed by atoms with Crippen LogP contribution in [0.25, 0.3) is 5.69 Å². The first-order valence-corrected chi connectivity index (χ1v) is 12.8. The van der Waals surface area contributed by atoms with Gasteiger partial charge in [0.2, 0.25) is 5.91 Å².